The van der Waals surface area contributed by atoms with Crippen LogP contribution < -0.4 is 5.73 Å². The van der Waals surface area contributed by atoms with Crippen molar-refractivity contribution in [3.63, 3.8) is 0 Å². The Kier molecular flexibility index (Phi) is 4.55. The molecule has 2 aromatic heterocycles. The van der Waals surface area contributed by atoms with Gasteiger partial charge in [0.25, 0.3) is 0 Å². The maximum Gasteiger partial charge on any atom is 0.191 e. The maximum absolute atomic E-state index is 9.04. The molecule has 2 aromatic carbocycles. The van der Waals surface area contributed by atoms with Crippen LogP contribution in [-0.2, 0) is 6.42 Å². The molecule has 0 radical (unpaired) electrons. The fourth-order valence-corrected chi connectivity index (χ4v) is 3.22. The lowest BCUT2D eigenvalue weighted by Gasteiger charge is -2.15. The third kappa shape index (κ3) is 3.21. The summed E-state index contributed by atoms with van der Waals surface area (Å²) >= 11 is 0. The molecular formula is C22H15N5O. The van der Waals surface area contributed by atoms with Gasteiger partial charge in [0.2, 0.25) is 0 Å². The van der Waals surface area contributed by atoms with Gasteiger partial charge in [0.15, 0.2) is 11.3 Å². The molecule has 6 nitrogen and oxygen atoms in total. The molecule has 0 amide bonds. The molecule has 0 unspecified atom stereocenters. The van der Waals surface area contributed by atoms with E-state index in [0.29, 0.717) is 29.1 Å². The van der Waals surface area contributed by atoms with Crippen LogP contribution in [0.2, 0.25) is 0 Å². The first-order chi connectivity index (χ1) is 13.7. The molecule has 1 atom stereocenters. The summed E-state index contributed by atoms with van der Waals surface area (Å²) in [6.07, 6.45) is 0.490. The number of benzene rings is 2. The third-order valence-corrected chi connectivity index (χ3v) is 4.55. The van der Waals surface area contributed by atoms with Crippen molar-refractivity contribution in [3.8, 4) is 17.3 Å². The van der Waals surface area contributed by atoms with E-state index in [-0.39, 0.29) is 6.04 Å². The first-order valence-electron chi connectivity index (χ1n) is 8.67. The number of rotatable bonds is 4. The summed E-state index contributed by atoms with van der Waals surface area (Å²) in [5.41, 5.74) is 11.2. The van der Waals surface area contributed by atoms with E-state index in [9.17, 15) is 0 Å². The van der Waals surface area contributed by atoms with Crippen LogP contribution >= 0.6 is 0 Å². The van der Waals surface area contributed by atoms with Crippen LogP contribution in [0.4, 0.5) is 5.69 Å². The molecule has 28 heavy (non-hydrogen) atoms. The lowest BCUT2D eigenvalue weighted by atomic mass is 9.94. The first-order valence-corrected chi connectivity index (χ1v) is 8.67. The Balaban J connectivity index is 1.73. The van der Waals surface area contributed by atoms with Gasteiger partial charge in [-0.25, -0.2) is 9.83 Å². The molecule has 6 heteroatoms. The molecule has 0 aliphatic heterocycles. The molecule has 0 saturated heterocycles. The minimum Gasteiger partial charge on any atom is -0.357 e. The van der Waals surface area contributed by atoms with Gasteiger partial charge in [-0.05, 0) is 23.8 Å². The largest absolute Gasteiger partial charge is 0.357 e. The van der Waals surface area contributed by atoms with E-state index in [1.807, 2.05) is 42.5 Å². The Morgan fingerprint density at radius 1 is 1.14 bits per heavy atom. The molecule has 0 bridgehead atoms. The van der Waals surface area contributed by atoms with Gasteiger partial charge in [-0.1, -0.05) is 47.6 Å². The predicted octanol–water partition coefficient (Wildman–Crippen LogP) is 4.55. The summed E-state index contributed by atoms with van der Waals surface area (Å²) in [6.45, 7) is 7.14. The van der Waals surface area contributed by atoms with E-state index in [4.69, 9.17) is 22.1 Å². The number of nitrogens with two attached hydrogens (primary N) is 1. The summed E-state index contributed by atoms with van der Waals surface area (Å²) in [4.78, 5) is 7.74. The molecule has 4 aromatic rings. The van der Waals surface area contributed by atoms with Gasteiger partial charge in [-0.3, -0.25) is 0 Å². The third-order valence-electron chi connectivity index (χ3n) is 4.55. The van der Waals surface area contributed by atoms with E-state index < -0.39 is 0 Å². The summed E-state index contributed by atoms with van der Waals surface area (Å²) in [5.74, 6) is 0. The number of hydrogen-bond acceptors (Lipinski definition) is 5. The monoisotopic (exact) mass is 365 g/mol. The smallest absolute Gasteiger partial charge is 0.191 e. The van der Waals surface area contributed by atoms with Crippen molar-refractivity contribution in [2.24, 2.45) is 5.73 Å². The van der Waals surface area contributed by atoms with Crippen molar-refractivity contribution < 1.29 is 4.52 Å². The zero-order valence-electron chi connectivity index (χ0n) is 14.8. The first kappa shape index (κ1) is 17.4. The second-order valence-electron chi connectivity index (χ2n) is 6.35. The zero-order chi connectivity index (χ0) is 19.5. The standard InChI is InChI=1S/C22H15N5O/c1-25-14-9-10-19-21(12-14)28-27-22(19)18-8-3-2-7-17(18)20(24)11-15-5-4-6-16(13-23)26-15/h2-10,12,20H,11,24H2/t20-/m0/s1. The fraction of sp³-hybridized carbons (Fsp3) is 0.0909. The van der Waals surface area contributed by atoms with Crippen LogP contribution in [0, 0.1) is 17.9 Å². The van der Waals surface area contributed by atoms with E-state index in [1.54, 1.807) is 24.3 Å². The minimum atomic E-state index is -0.327. The van der Waals surface area contributed by atoms with Gasteiger partial charge in [-0.15, -0.1) is 0 Å². The Morgan fingerprint density at radius 2 is 2.00 bits per heavy atom. The number of pyridine rings is 1. The highest BCUT2D eigenvalue weighted by Crippen LogP contribution is 2.34. The van der Waals surface area contributed by atoms with Crippen molar-refractivity contribution in [3.05, 3.63) is 89.0 Å². The quantitative estimate of drug-likeness (QED) is 0.535. The van der Waals surface area contributed by atoms with E-state index in [0.717, 1.165) is 22.2 Å². The van der Waals surface area contributed by atoms with Gasteiger partial charge >= 0.3 is 0 Å². The predicted molar refractivity (Wildman–Crippen MR) is 105 cm³/mol. The Bertz CT molecular complexity index is 1250. The topological polar surface area (TPSA) is 93.1 Å². The van der Waals surface area contributed by atoms with Gasteiger partial charge in [0.05, 0.1) is 6.57 Å². The van der Waals surface area contributed by atoms with E-state index in [1.165, 1.54) is 0 Å². The van der Waals surface area contributed by atoms with Crippen LogP contribution in [0.25, 0.3) is 27.1 Å². The van der Waals surface area contributed by atoms with Crippen LogP contribution in [0.5, 0.6) is 0 Å². The summed E-state index contributed by atoms with van der Waals surface area (Å²) < 4.78 is 5.45. The minimum absolute atomic E-state index is 0.327. The number of nitriles is 1. The molecule has 0 aliphatic carbocycles. The Labute approximate surface area is 161 Å². The maximum atomic E-state index is 9.04. The van der Waals surface area contributed by atoms with Crippen LogP contribution in [-0.4, -0.2) is 10.1 Å². The van der Waals surface area contributed by atoms with Crippen molar-refractivity contribution in [1.82, 2.24) is 10.1 Å². The molecular weight excluding hydrogens is 350 g/mol. The van der Waals surface area contributed by atoms with Crippen molar-refractivity contribution in [2.45, 2.75) is 12.5 Å². The molecule has 2 heterocycles. The number of aromatic nitrogens is 2. The Hall–Kier alpha value is -4.00. The summed E-state index contributed by atoms with van der Waals surface area (Å²) in [6, 6.07) is 20.1. The number of hydrogen-bond donors (Lipinski definition) is 1. The summed E-state index contributed by atoms with van der Waals surface area (Å²) in [5, 5.41) is 14.1. The summed E-state index contributed by atoms with van der Waals surface area (Å²) in [7, 11) is 0. The van der Waals surface area contributed by atoms with Gasteiger partial charge in [0.1, 0.15) is 17.5 Å². The molecule has 0 fully saturated rings. The molecule has 0 spiro atoms. The highest BCUT2D eigenvalue weighted by Gasteiger charge is 2.18. The molecule has 0 aliphatic rings. The average Bonchev–Trinajstić information content (AvgIpc) is 3.16. The second kappa shape index (κ2) is 7.32. The van der Waals surface area contributed by atoms with Gasteiger partial charge in [-0.2, -0.15) is 5.26 Å². The molecule has 0 saturated carbocycles. The zero-order valence-corrected chi connectivity index (χ0v) is 14.8. The van der Waals surface area contributed by atoms with Crippen LogP contribution in [0.15, 0.2) is 65.2 Å². The average molecular weight is 365 g/mol. The second-order valence-corrected chi connectivity index (χ2v) is 6.35. The van der Waals surface area contributed by atoms with Crippen molar-refractivity contribution in [1.29, 1.82) is 5.26 Å². The van der Waals surface area contributed by atoms with Crippen molar-refractivity contribution in [2.75, 3.05) is 0 Å². The SMILES string of the molecule is [C-]#[N+]c1ccc2c(-c3ccccc3[C@@H](N)Cc3cccc(C#N)n3)noc2c1. The van der Waals surface area contributed by atoms with Gasteiger partial charge < -0.3 is 10.3 Å². The lowest BCUT2D eigenvalue weighted by molar-refractivity contribution is 0.459. The van der Waals surface area contributed by atoms with Crippen LogP contribution in [0.1, 0.15) is 23.0 Å². The molecule has 4 rings (SSSR count). The molecule has 2 N–H and O–H groups in total. The fourth-order valence-electron chi connectivity index (χ4n) is 3.22. The highest BCUT2D eigenvalue weighted by molar-refractivity contribution is 5.94. The van der Waals surface area contributed by atoms with Crippen LogP contribution in [0.3, 0.4) is 0 Å². The normalized spacial score (nSPS) is 11.7. The lowest BCUT2D eigenvalue weighted by Crippen LogP contribution is -2.15. The molecule has 134 valence electrons. The number of nitrogens with zero attached hydrogens (tertiary/aromatic N) is 4. The van der Waals surface area contributed by atoms with Gasteiger partial charge in [0, 0.05) is 29.1 Å². The Morgan fingerprint density at radius 3 is 2.82 bits per heavy atom. The number of fused-ring (bicyclic) bond motifs is 1. The van der Waals surface area contributed by atoms with Crippen molar-refractivity contribution >= 4 is 16.7 Å². The van der Waals surface area contributed by atoms with E-state index in [2.05, 4.69) is 15.0 Å². The highest BCUT2D eigenvalue weighted by atomic mass is 16.5. The van der Waals surface area contributed by atoms with E-state index >= 15 is 0 Å².